The lowest BCUT2D eigenvalue weighted by atomic mass is 10.0. The minimum Gasteiger partial charge on any atom is -0.357 e. The smallest absolute Gasteiger partial charge is 0.242 e. The second kappa shape index (κ2) is 6.43. The highest BCUT2D eigenvalue weighted by Gasteiger charge is 2.35. The molecule has 2 rings (SSSR count). The molecule has 5 nitrogen and oxygen atoms in total. The van der Waals surface area contributed by atoms with Gasteiger partial charge in [0.1, 0.15) is 6.04 Å². The van der Waals surface area contributed by atoms with Gasteiger partial charge in [-0.1, -0.05) is 0 Å². The Balaban J connectivity index is 2.03. The highest BCUT2D eigenvalue weighted by Crippen LogP contribution is 2.20. The van der Waals surface area contributed by atoms with Gasteiger partial charge in [-0.25, -0.2) is 0 Å². The zero-order valence-corrected chi connectivity index (χ0v) is 11.6. The number of likely N-dealkylation sites (tertiary alicyclic amines) is 1. The SMILES string of the molecule is CNC(=O)C1CCCCN1C(=O)C1CSCCN1. The molecule has 2 aliphatic rings. The first kappa shape index (κ1) is 13.7. The van der Waals surface area contributed by atoms with E-state index < -0.39 is 0 Å². The fourth-order valence-electron chi connectivity index (χ4n) is 2.56. The third kappa shape index (κ3) is 2.98. The van der Waals surface area contributed by atoms with E-state index in [1.807, 2.05) is 0 Å². The van der Waals surface area contributed by atoms with Crippen molar-refractivity contribution in [3.05, 3.63) is 0 Å². The second-order valence-corrected chi connectivity index (χ2v) is 5.89. The quantitative estimate of drug-likeness (QED) is 0.731. The van der Waals surface area contributed by atoms with Gasteiger partial charge in [-0.15, -0.1) is 0 Å². The Hall–Kier alpha value is -0.750. The average Bonchev–Trinajstić information content (AvgIpc) is 2.46. The largest absolute Gasteiger partial charge is 0.357 e. The summed E-state index contributed by atoms with van der Waals surface area (Å²) in [5.74, 6) is 1.93. The molecule has 2 saturated heterocycles. The molecule has 0 aromatic carbocycles. The van der Waals surface area contributed by atoms with E-state index >= 15 is 0 Å². The van der Waals surface area contributed by atoms with Crippen LogP contribution in [0.25, 0.3) is 0 Å². The molecule has 2 aliphatic heterocycles. The summed E-state index contributed by atoms with van der Waals surface area (Å²) < 4.78 is 0. The van der Waals surface area contributed by atoms with E-state index in [1.165, 1.54) is 0 Å². The van der Waals surface area contributed by atoms with E-state index in [9.17, 15) is 9.59 Å². The van der Waals surface area contributed by atoms with Crippen LogP contribution in [0.5, 0.6) is 0 Å². The van der Waals surface area contributed by atoms with Crippen LogP contribution < -0.4 is 10.6 Å². The number of carbonyl (C=O) groups is 2. The van der Waals surface area contributed by atoms with Crippen molar-refractivity contribution in [1.29, 1.82) is 0 Å². The number of piperidine rings is 1. The highest BCUT2D eigenvalue weighted by atomic mass is 32.2. The number of nitrogens with one attached hydrogen (secondary N) is 2. The first-order chi connectivity index (χ1) is 8.74. The summed E-state index contributed by atoms with van der Waals surface area (Å²) >= 11 is 1.80. The van der Waals surface area contributed by atoms with Gasteiger partial charge in [0, 0.05) is 31.6 Å². The summed E-state index contributed by atoms with van der Waals surface area (Å²) in [7, 11) is 1.63. The van der Waals surface area contributed by atoms with Gasteiger partial charge < -0.3 is 15.5 Å². The van der Waals surface area contributed by atoms with E-state index in [4.69, 9.17) is 0 Å². The molecule has 6 heteroatoms. The van der Waals surface area contributed by atoms with Crippen molar-refractivity contribution in [3.8, 4) is 0 Å². The summed E-state index contributed by atoms with van der Waals surface area (Å²) in [6.45, 7) is 1.58. The maximum atomic E-state index is 12.5. The zero-order chi connectivity index (χ0) is 13.0. The molecule has 0 spiro atoms. The molecule has 0 aromatic rings. The van der Waals surface area contributed by atoms with Crippen LogP contribution in [0.1, 0.15) is 19.3 Å². The first-order valence-electron chi connectivity index (χ1n) is 6.57. The van der Waals surface area contributed by atoms with E-state index in [-0.39, 0.29) is 23.9 Å². The molecule has 2 fully saturated rings. The summed E-state index contributed by atoms with van der Waals surface area (Å²) in [6, 6.07) is -0.390. The van der Waals surface area contributed by atoms with Crippen molar-refractivity contribution in [3.63, 3.8) is 0 Å². The maximum Gasteiger partial charge on any atom is 0.242 e. The molecular formula is C12H21N3O2S. The van der Waals surface area contributed by atoms with Gasteiger partial charge in [0.05, 0.1) is 6.04 Å². The summed E-state index contributed by atoms with van der Waals surface area (Å²) in [6.07, 6.45) is 2.80. The predicted molar refractivity (Wildman–Crippen MR) is 72.5 cm³/mol. The van der Waals surface area contributed by atoms with Gasteiger partial charge in [-0.3, -0.25) is 9.59 Å². The number of thioether (sulfide) groups is 1. The van der Waals surface area contributed by atoms with Crippen LogP contribution in [0.3, 0.4) is 0 Å². The fraction of sp³-hybridized carbons (Fsp3) is 0.833. The molecule has 0 radical (unpaired) electrons. The van der Waals surface area contributed by atoms with Crippen LogP contribution in [-0.4, -0.2) is 60.4 Å². The predicted octanol–water partition coefficient (Wildman–Crippen LogP) is -0.181. The lowest BCUT2D eigenvalue weighted by molar-refractivity contribution is -0.143. The van der Waals surface area contributed by atoms with Gasteiger partial charge in [0.2, 0.25) is 11.8 Å². The second-order valence-electron chi connectivity index (χ2n) is 4.74. The molecule has 2 unspecified atom stereocenters. The third-order valence-electron chi connectivity index (χ3n) is 3.55. The summed E-state index contributed by atoms with van der Waals surface area (Å²) in [4.78, 5) is 26.1. The molecule has 0 aliphatic carbocycles. The molecule has 102 valence electrons. The third-order valence-corrected chi connectivity index (χ3v) is 4.62. The molecule has 2 amide bonds. The van der Waals surface area contributed by atoms with Crippen LogP contribution in [0.2, 0.25) is 0 Å². The summed E-state index contributed by atoms with van der Waals surface area (Å²) in [5.41, 5.74) is 0. The fourth-order valence-corrected chi connectivity index (χ4v) is 3.48. The van der Waals surface area contributed by atoms with E-state index in [0.717, 1.165) is 37.3 Å². The first-order valence-corrected chi connectivity index (χ1v) is 7.72. The van der Waals surface area contributed by atoms with Crippen molar-refractivity contribution >= 4 is 23.6 Å². The zero-order valence-electron chi connectivity index (χ0n) is 10.8. The Morgan fingerprint density at radius 2 is 2.22 bits per heavy atom. The summed E-state index contributed by atoms with van der Waals surface area (Å²) in [5, 5.41) is 5.91. The molecule has 2 N–H and O–H groups in total. The van der Waals surface area contributed by atoms with Gasteiger partial charge in [-0.2, -0.15) is 11.8 Å². The molecule has 0 saturated carbocycles. The number of nitrogens with zero attached hydrogens (tertiary/aromatic N) is 1. The Morgan fingerprint density at radius 3 is 2.89 bits per heavy atom. The number of amides is 2. The molecule has 2 atom stereocenters. The number of carbonyl (C=O) groups excluding carboxylic acids is 2. The Kier molecular flexibility index (Phi) is 4.88. The van der Waals surface area contributed by atoms with Crippen molar-refractivity contribution in [1.82, 2.24) is 15.5 Å². The Morgan fingerprint density at radius 1 is 1.39 bits per heavy atom. The van der Waals surface area contributed by atoms with Crippen molar-refractivity contribution in [2.45, 2.75) is 31.3 Å². The van der Waals surface area contributed by atoms with Crippen LogP contribution in [0.4, 0.5) is 0 Å². The standard InChI is InChI=1S/C12H21N3O2S/c1-13-11(16)10-4-2-3-6-15(10)12(17)9-8-18-7-5-14-9/h9-10,14H,2-8H2,1H3,(H,13,16). The monoisotopic (exact) mass is 271 g/mol. The highest BCUT2D eigenvalue weighted by molar-refractivity contribution is 7.99. The minimum atomic E-state index is -0.273. The van der Waals surface area contributed by atoms with Gasteiger partial charge in [0.15, 0.2) is 0 Å². The van der Waals surface area contributed by atoms with Crippen molar-refractivity contribution in [2.24, 2.45) is 0 Å². The number of hydrogen-bond acceptors (Lipinski definition) is 4. The normalized spacial score (nSPS) is 28.8. The average molecular weight is 271 g/mol. The Bertz CT molecular complexity index is 318. The molecular weight excluding hydrogens is 250 g/mol. The molecule has 0 aromatic heterocycles. The minimum absolute atomic E-state index is 0.0356. The lowest BCUT2D eigenvalue weighted by Crippen LogP contribution is -2.58. The number of likely N-dealkylation sites (N-methyl/N-ethyl adjacent to an activating group) is 1. The number of rotatable bonds is 2. The molecule has 18 heavy (non-hydrogen) atoms. The van der Waals surface area contributed by atoms with E-state index in [2.05, 4.69) is 10.6 Å². The van der Waals surface area contributed by atoms with Crippen molar-refractivity contribution < 1.29 is 9.59 Å². The van der Waals surface area contributed by atoms with Crippen LogP contribution >= 0.6 is 11.8 Å². The molecule has 2 heterocycles. The van der Waals surface area contributed by atoms with Gasteiger partial charge in [0.25, 0.3) is 0 Å². The van der Waals surface area contributed by atoms with Gasteiger partial charge in [-0.05, 0) is 19.3 Å². The van der Waals surface area contributed by atoms with Crippen LogP contribution in [0, 0.1) is 0 Å². The van der Waals surface area contributed by atoms with Crippen molar-refractivity contribution in [2.75, 3.05) is 31.6 Å². The Labute approximate surface area is 112 Å². The maximum absolute atomic E-state index is 12.5. The van der Waals surface area contributed by atoms with Crippen LogP contribution in [-0.2, 0) is 9.59 Å². The lowest BCUT2D eigenvalue weighted by Gasteiger charge is -2.37. The van der Waals surface area contributed by atoms with Crippen LogP contribution in [0.15, 0.2) is 0 Å². The van der Waals surface area contributed by atoms with E-state index in [0.29, 0.717) is 6.54 Å². The van der Waals surface area contributed by atoms with Gasteiger partial charge >= 0.3 is 0 Å². The molecule has 0 bridgehead atoms. The van der Waals surface area contributed by atoms with E-state index in [1.54, 1.807) is 23.7 Å². The number of hydrogen-bond donors (Lipinski definition) is 2. The topological polar surface area (TPSA) is 61.4 Å².